The largest absolute Gasteiger partial charge is 0.302 e. The fourth-order valence-corrected chi connectivity index (χ4v) is 1.79. The molecule has 0 aromatic rings. The SMILES string of the molecule is CC.CC.CC1CSC(C)N1. The van der Waals surface area contributed by atoms with Crippen molar-refractivity contribution >= 4 is 11.8 Å². The smallest absolute Gasteiger partial charge is 0.0506 e. The molecule has 1 heterocycles. The Bertz CT molecular complexity index is 58.6. The van der Waals surface area contributed by atoms with Crippen LogP contribution in [0.2, 0.25) is 0 Å². The van der Waals surface area contributed by atoms with Gasteiger partial charge in [0, 0.05) is 11.8 Å². The molecule has 2 heteroatoms. The summed E-state index contributed by atoms with van der Waals surface area (Å²) in [5.74, 6) is 1.28. The zero-order valence-electron chi connectivity index (χ0n) is 8.77. The lowest BCUT2D eigenvalue weighted by Crippen LogP contribution is -2.24. The summed E-state index contributed by atoms with van der Waals surface area (Å²) in [6, 6.07) is 0.736. The van der Waals surface area contributed by atoms with Crippen molar-refractivity contribution in [3.63, 3.8) is 0 Å². The number of hydrogen-bond donors (Lipinski definition) is 1. The minimum Gasteiger partial charge on any atom is -0.302 e. The molecule has 2 atom stereocenters. The quantitative estimate of drug-likeness (QED) is 0.610. The molecule has 1 fully saturated rings. The second kappa shape index (κ2) is 10.3. The molecule has 11 heavy (non-hydrogen) atoms. The van der Waals surface area contributed by atoms with Crippen molar-refractivity contribution in [1.29, 1.82) is 0 Å². The van der Waals surface area contributed by atoms with Gasteiger partial charge in [-0.15, -0.1) is 11.8 Å². The number of thioether (sulfide) groups is 1. The molecule has 2 unspecified atom stereocenters. The first kappa shape index (κ1) is 13.9. The predicted molar refractivity (Wildman–Crippen MR) is 57.2 cm³/mol. The van der Waals surface area contributed by atoms with Crippen LogP contribution in [0.4, 0.5) is 0 Å². The minimum atomic E-state index is 0.690. The molecule has 1 rings (SSSR count). The highest BCUT2D eigenvalue weighted by Gasteiger charge is 2.14. The molecule has 0 radical (unpaired) electrons. The third kappa shape index (κ3) is 8.21. The highest BCUT2D eigenvalue weighted by molar-refractivity contribution is 8.00. The molecule has 0 aromatic heterocycles. The van der Waals surface area contributed by atoms with Gasteiger partial charge in [-0.2, -0.15) is 0 Å². The molecule has 0 aromatic carbocycles. The number of hydrogen-bond acceptors (Lipinski definition) is 2. The van der Waals surface area contributed by atoms with Gasteiger partial charge in [0.05, 0.1) is 5.37 Å². The van der Waals surface area contributed by atoms with Crippen LogP contribution in [0, 0.1) is 0 Å². The molecular weight excluding hydrogens is 154 g/mol. The normalized spacial score (nSPS) is 27.8. The highest BCUT2D eigenvalue weighted by Crippen LogP contribution is 2.16. The van der Waals surface area contributed by atoms with Gasteiger partial charge in [0.1, 0.15) is 0 Å². The van der Waals surface area contributed by atoms with Crippen molar-refractivity contribution in [2.45, 2.75) is 53.0 Å². The van der Waals surface area contributed by atoms with Crippen LogP contribution in [0.15, 0.2) is 0 Å². The Morgan fingerprint density at radius 1 is 1.09 bits per heavy atom. The zero-order valence-corrected chi connectivity index (χ0v) is 9.59. The first-order valence-corrected chi connectivity index (χ1v) is 5.71. The summed E-state index contributed by atoms with van der Waals surface area (Å²) in [4.78, 5) is 0. The molecule has 1 aliphatic heterocycles. The summed E-state index contributed by atoms with van der Waals surface area (Å²) in [5.41, 5.74) is 0. The molecule has 0 aliphatic carbocycles. The van der Waals surface area contributed by atoms with Crippen LogP contribution >= 0.6 is 11.8 Å². The lowest BCUT2D eigenvalue weighted by molar-refractivity contribution is 0.626. The maximum Gasteiger partial charge on any atom is 0.0506 e. The Labute approximate surface area is 76.3 Å². The van der Waals surface area contributed by atoms with E-state index in [1.54, 1.807) is 0 Å². The van der Waals surface area contributed by atoms with Crippen molar-refractivity contribution in [3.8, 4) is 0 Å². The maximum atomic E-state index is 3.38. The summed E-state index contributed by atoms with van der Waals surface area (Å²) >= 11 is 1.99. The monoisotopic (exact) mass is 177 g/mol. The predicted octanol–water partition coefficient (Wildman–Crippen LogP) is 3.11. The van der Waals surface area contributed by atoms with Gasteiger partial charge < -0.3 is 5.32 Å². The second-order valence-electron chi connectivity index (χ2n) is 2.04. The summed E-state index contributed by atoms with van der Waals surface area (Å²) in [6.45, 7) is 12.4. The molecule has 0 bridgehead atoms. The van der Waals surface area contributed by atoms with Gasteiger partial charge in [-0.1, -0.05) is 27.7 Å². The van der Waals surface area contributed by atoms with Gasteiger partial charge in [-0.3, -0.25) is 0 Å². The topological polar surface area (TPSA) is 12.0 Å². The van der Waals surface area contributed by atoms with Crippen LogP contribution < -0.4 is 5.32 Å². The minimum absolute atomic E-state index is 0.690. The lowest BCUT2D eigenvalue weighted by atomic mass is 10.4. The Hall–Kier alpha value is 0.310. The van der Waals surface area contributed by atoms with Gasteiger partial charge >= 0.3 is 0 Å². The van der Waals surface area contributed by atoms with E-state index in [0.29, 0.717) is 5.37 Å². The second-order valence-corrected chi connectivity index (χ2v) is 3.42. The molecular formula is C9H23NS. The van der Waals surface area contributed by atoms with Crippen LogP contribution in [0.5, 0.6) is 0 Å². The zero-order chi connectivity index (χ0) is 9.28. The third-order valence-corrected chi connectivity index (χ3v) is 2.44. The van der Waals surface area contributed by atoms with Gasteiger partial charge in [-0.25, -0.2) is 0 Å². The van der Waals surface area contributed by atoms with Crippen LogP contribution in [0.3, 0.4) is 0 Å². The van der Waals surface area contributed by atoms with Gasteiger partial charge in [0.2, 0.25) is 0 Å². The van der Waals surface area contributed by atoms with E-state index in [0.717, 1.165) is 6.04 Å². The molecule has 0 amide bonds. The van der Waals surface area contributed by atoms with Crippen molar-refractivity contribution in [2.24, 2.45) is 0 Å². The highest BCUT2D eigenvalue weighted by atomic mass is 32.2. The molecule has 1 nitrogen and oxygen atoms in total. The van der Waals surface area contributed by atoms with Crippen LogP contribution in [0.25, 0.3) is 0 Å². The summed E-state index contributed by atoms with van der Waals surface area (Å²) < 4.78 is 0. The first-order valence-electron chi connectivity index (χ1n) is 4.66. The van der Waals surface area contributed by atoms with E-state index in [-0.39, 0.29) is 0 Å². The summed E-state index contributed by atoms with van der Waals surface area (Å²) in [6.07, 6.45) is 0. The first-order chi connectivity index (χ1) is 5.29. The van der Waals surface area contributed by atoms with Gasteiger partial charge in [0.25, 0.3) is 0 Å². The molecule has 0 spiro atoms. The van der Waals surface area contributed by atoms with Crippen molar-refractivity contribution in [1.82, 2.24) is 5.32 Å². The molecule has 0 saturated carbocycles. The van der Waals surface area contributed by atoms with E-state index in [2.05, 4.69) is 19.2 Å². The third-order valence-electron chi connectivity index (χ3n) is 1.12. The van der Waals surface area contributed by atoms with Crippen molar-refractivity contribution < 1.29 is 0 Å². The Balaban J connectivity index is 0. The Kier molecular flexibility index (Phi) is 13.0. The lowest BCUT2D eigenvalue weighted by Gasteiger charge is -2.00. The van der Waals surface area contributed by atoms with E-state index >= 15 is 0 Å². The van der Waals surface area contributed by atoms with Gasteiger partial charge in [0.15, 0.2) is 0 Å². The summed E-state index contributed by atoms with van der Waals surface area (Å²) in [5, 5.41) is 4.07. The maximum absolute atomic E-state index is 3.38. The fourth-order valence-electron chi connectivity index (χ4n) is 0.786. The van der Waals surface area contributed by atoms with Crippen molar-refractivity contribution in [3.05, 3.63) is 0 Å². The molecule has 1 N–H and O–H groups in total. The number of rotatable bonds is 0. The Morgan fingerprint density at radius 3 is 1.64 bits per heavy atom. The Morgan fingerprint density at radius 2 is 1.55 bits per heavy atom. The molecule has 1 saturated heterocycles. The van der Waals surface area contributed by atoms with Crippen LogP contribution in [-0.4, -0.2) is 17.2 Å². The molecule has 70 valence electrons. The standard InChI is InChI=1S/C5H11NS.2C2H6/c1-4-3-7-5(2)6-4;2*1-2/h4-6H,3H2,1-2H3;2*1-2H3. The van der Waals surface area contributed by atoms with Gasteiger partial charge in [-0.05, 0) is 13.8 Å². The van der Waals surface area contributed by atoms with Crippen LogP contribution in [0.1, 0.15) is 41.5 Å². The fraction of sp³-hybridized carbons (Fsp3) is 1.00. The van der Waals surface area contributed by atoms with E-state index in [9.17, 15) is 0 Å². The van der Waals surface area contributed by atoms with E-state index in [1.165, 1.54) is 5.75 Å². The van der Waals surface area contributed by atoms with E-state index < -0.39 is 0 Å². The van der Waals surface area contributed by atoms with Crippen LogP contribution in [-0.2, 0) is 0 Å². The summed E-state index contributed by atoms with van der Waals surface area (Å²) in [7, 11) is 0. The average molecular weight is 177 g/mol. The van der Waals surface area contributed by atoms with E-state index in [4.69, 9.17) is 0 Å². The molecule has 1 aliphatic rings. The average Bonchev–Trinajstić information content (AvgIpc) is 2.43. The number of nitrogens with one attached hydrogen (secondary N) is 1. The van der Waals surface area contributed by atoms with Crippen molar-refractivity contribution in [2.75, 3.05) is 5.75 Å². The van der Waals surface area contributed by atoms with E-state index in [1.807, 2.05) is 39.5 Å².